The quantitative estimate of drug-likeness (QED) is 0.860. The van der Waals surface area contributed by atoms with Gasteiger partial charge in [-0.05, 0) is 32.7 Å². The van der Waals surface area contributed by atoms with Crippen LogP contribution in [0.3, 0.4) is 0 Å². The van der Waals surface area contributed by atoms with E-state index in [-0.39, 0.29) is 6.04 Å². The predicted octanol–water partition coefficient (Wildman–Crippen LogP) is 1.62. The van der Waals surface area contributed by atoms with E-state index >= 15 is 0 Å². The number of nitrogens with two attached hydrogens (primary N) is 1. The van der Waals surface area contributed by atoms with Crippen molar-refractivity contribution in [3.8, 4) is 0 Å². The minimum Gasteiger partial charge on any atom is -0.377 e. The lowest BCUT2D eigenvalue weighted by Crippen LogP contribution is -2.44. The third kappa shape index (κ3) is 3.40. The van der Waals surface area contributed by atoms with E-state index in [4.69, 9.17) is 10.5 Å². The van der Waals surface area contributed by atoms with Crippen molar-refractivity contribution in [1.29, 1.82) is 0 Å². The normalized spacial score (nSPS) is 22.1. The second kappa shape index (κ2) is 7.20. The first kappa shape index (κ1) is 15.5. The number of hydrogen-bond donors (Lipinski definition) is 1. The van der Waals surface area contributed by atoms with Crippen molar-refractivity contribution >= 4 is 0 Å². The first-order valence-corrected chi connectivity index (χ1v) is 7.71. The molecule has 1 aliphatic heterocycles. The van der Waals surface area contributed by atoms with Gasteiger partial charge in [0.05, 0.1) is 18.3 Å². The molecule has 2 rings (SSSR count). The number of aryl methyl sites for hydroxylation is 1. The van der Waals surface area contributed by atoms with Gasteiger partial charge in [-0.2, -0.15) is 5.10 Å². The molecule has 2 N–H and O–H groups in total. The van der Waals surface area contributed by atoms with Crippen LogP contribution in [0, 0.1) is 6.92 Å². The molecule has 0 amide bonds. The van der Waals surface area contributed by atoms with Crippen LogP contribution >= 0.6 is 0 Å². The van der Waals surface area contributed by atoms with Gasteiger partial charge in [0.2, 0.25) is 0 Å². The highest BCUT2D eigenvalue weighted by Crippen LogP contribution is 2.26. The largest absolute Gasteiger partial charge is 0.377 e. The molecule has 20 heavy (non-hydrogen) atoms. The van der Waals surface area contributed by atoms with Gasteiger partial charge in [-0.25, -0.2) is 0 Å². The van der Waals surface area contributed by atoms with Crippen LogP contribution in [0.5, 0.6) is 0 Å². The Morgan fingerprint density at radius 3 is 2.95 bits per heavy atom. The Bertz CT molecular complexity index is 418. The molecule has 0 spiro atoms. The molecule has 1 aromatic heterocycles. The SMILES string of the molecule is CCCOC1CCCN(C(CN)c2cnn(C)c2C)C1. The molecule has 1 aromatic rings. The van der Waals surface area contributed by atoms with Crippen LogP contribution in [0.25, 0.3) is 0 Å². The number of ether oxygens (including phenoxy) is 1. The number of aromatic nitrogens is 2. The average molecular weight is 280 g/mol. The van der Waals surface area contributed by atoms with E-state index in [0.29, 0.717) is 12.6 Å². The summed E-state index contributed by atoms with van der Waals surface area (Å²) < 4.78 is 7.85. The summed E-state index contributed by atoms with van der Waals surface area (Å²) in [5, 5.41) is 4.35. The van der Waals surface area contributed by atoms with Gasteiger partial charge >= 0.3 is 0 Å². The van der Waals surface area contributed by atoms with Crippen molar-refractivity contribution < 1.29 is 4.74 Å². The van der Waals surface area contributed by atoms with Gasteiger partial charge < -0.3 is 10.5 Å². The molecule has 0 bridgehead atoms. The van der Waals surface area contributed by atoms with Crippen molar-refractivity contribution in [2.45, 2.75) is 45.3 Å². The first-order valence-electron chi connectivity index (χ1n) is 7.71. The second-order valence-electron chi connectivity index (χ2n) is 5.69. The van der Waals surface area contributed by atoms with Gasteiger partial charge in [0.1, 0.15) is 0 Å². The van der Waals surface area contributed by atoms with Gasteiger partial charge in [0.25, 0.3) is 0 Å². The fraction of sp³-hybridized carbons (Fsp3) is 0.800. The zero-order valence-corrected chi connectivity index (χ0v) is 13.0. The zero-order chi connectivity index (χ0) is 14.5. The van der Waals surface area contributed by atoms with Crippen molar-refractivity contribution in [2.75, 3.05) is 26.2 Å². The zero-order valence-electron chi connectivity index (χ0n) is 13.0. The topological polar surface area (TPSA) is 56.3 Å². The van der Waals surface area contributed by atoms with Gasteiger partial charge in [-0.15, -0.1) is 0 Å². The maximum atomic E-state index is 6.04. The number of nitrogens with zero attached hydrogens (tertiary/aromatic N) is 3. The maximum absolute atomic E-state index is 6.04. The summed E-state index contributed by atoms with van der Waals surface area (Å²) in [5.41, 5.74) is 8.50. The van der Waals surface area contributed by atoms with Crippen molar-refractivity contribution in [1.82, 2.24) is 14.7 Å². The maximum Gasteiger partial charge on any atom is 0.0702 e. The summed E-state index contributed by atoms with van der Waals surface area (Å²) in [6, 6.07) is 0.261. The standard InChI is InChI=1S/C15H28N4O/c1-4-8-20-13-6-5-7-19(11-13)15(9-16)14-10-17-18(3)12(14)2/h10,13,15H,4-9,11,16H2,1-3H3. The molecule has 5 nitrogen and oxygen atoms in total. The fourth-order valence-electron chi connectivity index (χ4n) is 2.99. The number of hydrogen-bond acceptors (Lipinski definition) is 4. The van der Waals surface area contributed by atoms with E-state index in [9.17, 15) is 0 Å². The Labute approximate surface area is 122 Å². The molecule has 0 aliphatic carbocycles. The van der Waals surface area contributed by atoms with Crippen LogP contribution in [0.1, 0.15) is 43.5 Å². The van der Waals surface area contributed by atoms with Gasteiger partial charge in [-0.1, -0.05) is 6.92 Å². The van der Waals surface area contributed by atoms with Crippen LogP contribution in [-0.2, 0) is 11.8 Å². The Balaban J connectivity index is 2.05. The number of piperidine rings is 1. The monoisotopic (exact) mass is 280 g/mol. The van der Waals surface area contributed by atoms with Gasteiger partial charge in [0.15, 0.2) is 0 Å². The van der Waals surface area contributed by atoms with E-state index in [1.165, 1.54) is 24.1 Å². The summed E-state index contributed by atoms with van der Waals surface area (Å²) in [6.45, 7) is 7.84. The van der Waals surface area contributed by atoms with Gasteiger partial charge in [0, 0.05) is 38.0 Å². The van der Waals surface area contributed by atoms with Crippen molar-refractivity contribution in [2.24, 2.45) is 12.8 Å². The van der Waals surface area contributed by atoms with Crippen LogP contribution < -0.4 is 5.73 Å². The summed E-state index contributed by atoms with van der Waals surface area (Å²) in [4.78, 5) is 2.47. The lowest BCUT2D eigenvalue weighted by atomic mass is 10.0. The van der Waals surface area contributed by atoms with Gasteiger partial charge in [-0.3, -0.25) is 9.58 Å². The minimum atomic E-state index is 0.261. The summed E-state index contributed by atoms with van der Waals surface area (Å²) >= 11 is 0. The Morgan fingerprint density at radius 1 is 1.55 bits per heavy atom. The van der Waals surface area contributed by atoms with E-state index in [1.807, 2.05) is 17.9 Å². The third-order valence-electron chi connectivity index (χ3n) is 4.26. The molecule has 5 heteroatoms. The Morgan fingerprint density at radius 2 is 2.35 bits per heavy atom. The van der Waals surface area contributed by atoms with Crippen LogP contribution in [0.4, 0.5) is 0 Å². The van der Waals surface area contributed by atoms with E-state index < -0.39 is 0 Å². The molecule has 114 valence electrons. The second-order valence-corrected chi connectivity index (χ2v) is 5.69. The summed E-state index contributed by atoms with van der Waals surface area (Å²) in [5.74, 6) is 0. The highest BCUT2D eigenvalue weighted by molar-refractivity contribution is 5.21. The van der Waals surface area contributed by atoms with E-state index in [0.717, 1.165) is 26.1 Å². The average Bonchev–Trinajstić information content (AvgIpc) is 2.79. The van der Waals surface area contributed by atoms with Crippen molar-refractivity contribution in [3.63, 3.8) is 0 Å². The number of likely N-dealkylation sites (tertiary alicyclic amines) is 1. The van der Waals surface area contributed by atoms with Crippen LogP contribution in [-0.4, -0.2) is 47.0 Å². The predicted molar refractivity (Wildman–Crippen MR) is 80.6 cm³/mol. The highest BCUT2D eigenvalue weighted by atomic mass is 16.5. The Hall–Kier alpha value is -0.910. The molecule has 0 aromatic carbocycles. The van der Waals surface area contributed by atoms with Crippen LogP contribution in [0.2, 0.25) is 0 Å². The molecule has 1 aliphatic rings. The lowest BCUT2D eigenvalue weighted by Gasteiger charge is -2.37. The minimum absolute atomic E-state index is 0.261. The highest BCUT2D eigenvalue weighted by Gasteiger charge is 2.28. The number of rotatable bonds is 6. The molecule has 2 heterocycles. The molecule has 1 saturated heterocycles. The van der Waals surface area contributed by atoms with E-state index in [2.05, 4.69) is 23.8 Å². The molecule has 2 atom stereocenters. The van der Waals surface area contributed by atoms with Crippen LogP contribution in [0.15, 0.2) is 6.20 Å². The molecule has 0 saturated carbocycles. The molecule has 2 unspecified atom stereocenters. The summed E-state index contributed by atoms with van der Waals surface area (Å²) in [7, 11) is 1.98. The molecular weight excluding hydrogens is 252 g/mol. The third-order valence-corrected chi connectivity index (χ3v) is 4.26. The lowest BCUT2D eigenvalue weighted by molar-refractivity contribution is -0.0119. The summed E-state index contributed by atoms with van der Waals surface area (Å²) in [6.07, 6.45) is 5.75. The smallest absolute Gasteiger partial charge is 0.0702 e. The van der Waals surface area contributed by atoms with Crippen molar-refractivity contribution in [3.05, 3.63) is 17.5 Å². The molecular formula is C15H28N4O. The molecule has 0 radical (unpaired) electrons. The Kier molecular flexibility index (Phi) is 5.57. The first-order chi connectivity index (χ1) is 9.67. The molecule has 1 fully saturated rings. The van der Waals surface area contributed by atoms with E-state index in [1.54, 1.807) is 0 Å². The fourth-order valence-corrected chi connectivity index (χ4v) is 2.99.